The zero-order valence-corrected chi connectivity index (χ0v) is 25.4. The molecule has 43 heavy (non-hydrogen) atoms. The Bertz CT molecular complexity index is 1590. The Morgan fingerprint density at radius 3 is 2.53 bits per heavy atom. The molecule has 1 saturated heterocycles. The van der Waals surface area contributed by atoms with Gasteiger partial charge in [0, 0.05) is 29.1 Å². The molecule has 2 aliphatic rings. The van der Waals surface area contributed by atoms with Gasteiger partial charge in [0.25, 0.3) is 0 Å². The smallest absolute Gasteiger partial charge is 0.326 e. The number of ketones is 1. The van der Waals surface area contributed by atoms with E-state index in [1.807, 2.05) is 38.3 Å². The number of halogens is 1. The van der Waals surface area contributed by atoms with Crippen molar-refractivity contribution in [2.24, 2.45) is 10.7 Å². The molecule has 224 valence electrons. The van der Waals surface area contributed by atoms with E-state index in [4.69, 9.17) is 27.1 Å². The van der Waals surface area contributed by atoms with Gasteiger partial charge < -0.3 is 20.7 Å². The van der Waals surface area contributed by atoms with Gasteiger partial charge in [-0.1, -0.05) is 29.8 Å². The third kappa shape index (κ3) is 6.70. The summed E-state index contributed by atoms with van der Waals surface area (Å²) in [7, 11) is 0. The number of carbonyl (C=O) groups is 4. The molecule has 5 rings (SSSR count). The van der Waals surface area contributed by atoms with E-state index in [1.165, 1.54) is 16.2 Å². The molecule has 3 heterocycles. The summed E-state index contributed by atoms with van der Waals surface area (Å²) in [6.07, 6.45) is -0.457. The van der Waals surface area contributed by atoms with E-state index in [2.05, 4.69) is 10.3 Å². The second-order valence-corrected chi connectivity index (χ2v) is 12.4. The highest BCUT2D eigenvalue weighted by Gasteiger charge is 2.46. The molecule has 13 heteroatoms. The van der Waals surface area contributed by atoms with Crippen molar-refractivity contribution in [3.05, 3.63) is 80.8 Å². The normalized spacial score (nSPS) is 18.7. The fraction of sp³-hybridized carbons (Fsp3) is 0.333. The van der Waals surface area contributed by atoms with Crippen molar-refractivity contribution in [1.82, 2.24) is 20.1 Å². The Morgan fingerprint density at radius 1 is 1.16 bits per heavy atom. The number of aromatic nitrogens is 1. The summed E-state index contributed by atoms with van der Waals surface area (Å²) in [4.78, 5) is 63.6. The van der Waals surface area contributed by atoms with Gasteiger partial charge in [0.15, 0.2) is 5.78 Å². The van der Waals surface area contributed by atoms with Crippen molar-refractivity contribution in [1.29, 1.82) is 0 Å². The van der Waals surface area contributed by atoms with Crippen molar-refractivity contribution in [2.75, 3.05) is 19.6 Å². The van der Waals surface area contributed by atoms with Crippen LogP contribution in [0.15, 0.2) is 58.3 Å². The Labute approximate surface area is 257 Å². The Kier molecular flexibility index (Phi) is 8.52. The summed E-state index contributed by atoms with van der Waals surface area (Å²) < 4.78 is 6.32. The fourth-order valence-corrected chi connectivity index (χ4v) is 5.74. The minimum atomic E-state index is -0.744. The summed E-state index contributed by atoms with van der Waals surface area (Å²) in [5.74, 6) is -0.873. The molecule has 0 bridgehead atoms. The van der Waals surface area contributed by atoms with E-state index in [1.54, 1.807) is 40.7 Å². The molecule has 1 aromatic heterocycles. The first-order valence-corrected chi connectivity index (χ1v) is 14.9. The van der Waals surface area contributed by atoms with Crippen LogP contribution in [0.3, 0.4) is 0 Å². The Balaban J connectivity index is 1.69. The van der Waals surface area contributed by atoms with Crippen molar-refractivity contribution < 1.29 is 23.9 Å². The molecule has 0 radical (unpaired) electrons. The van der Waals surface area contributed by atoms with Gasteiger partial charge in [0.2, 0.25) is 11.8 Å². The van der Waals surface area contributed by atoms with Gasteiger partial charge in [-0.25, -0.2) is 9.78 Å². The first-order valence-electron chi connectivity index (χ1n) is 13.6. The van der Waals surface area contributed by atoms with Crippen LogP contribution in [0.2, 0.25) is 5.02 Å². The monoisotopic (exact) mass is 622 g/mol. The Morgan fingerprint density at radius 2 is 1.91 bits per heavy atom. The number of amidine groups is 1. The minimum absolute atomic E-state index is 0.107. The predicted octanol–water partition coefficient (Wildman–Crippen LogP) is 4.13. The summed E-state index contributed by atoms with van der Waals surface area (Å²) >= 11 is 7.59. The van der Waals surface area contributed by atoms with Crippen LogP contribution in [-0.2, 0) is 9.59 Å². The quantitative estimate of drug-likeness (QED) is 0.299. The van der Waals surface area contributed by atoms with Crippen LogP contribution in [0.1, 0.15) is 66.5 Å². The molecule has 2 aliphatic heterocycles. The van der Waals surface area contributed by atoms with Crippen LogP contribution in [0.5, 0.6) is 5.75 Å². The maximum Gasteiger partial charge on any atom is 0.326 e. The topological polar surface area (TPSA) is 147 Å². The summed E-state index contributed by atoms with van der Waals surface area (Å²) in [6, 6.07) is 10.3. The number of nitrogens with two attached hydrogens (primary N) is 1. The zero-order chi connectivity index (χ0) is 30.9. The number of urea groups is 1. The molecular weight excluding hydrogens is 592 g/mol. The highest BCUT2D eigenvalue weighted by Crippen LogP contribution is 2.45. The molecule has 0 unspecified atom stereocenters. The van der Waals surface area contributed by atoms with E-state index in [0.717, 1.165) is 5.56 Å². The minimum Gasteiger partial charge on any atom is -0.487 e. The first-order chi connectivity index (χ1) is 20.4. The van der Waals surface area contributed by atoms with Crippen molar-refractivity contribution in [3.8, 4) is 5.75 Å². The maximum absolute atomic E-state index is 14.4. The highest BCUT2D eigenvalue weighted by atomic mass is 35.5. The number of amides is 4. The van der Waals surface area contributed by atoms with E-state index < -0.39 is 41.8 Å². The number of hydrogen-bond acceptors (Lipinski definition) is 8. The number of Topliss-reactive ketones (excluding diaryl/α,β-unsaturated/α-hetero) is 1. The van der Waals surface area contributed by atoms with Gasteiger partial charge in [0.1, 0.15) is 35.8 Å². The lowest BCUT2D eigenvalue weighted by Gasteiger charge is -2.35. The van der Waals surface area contributed by atoms with Crippen LogP contribution in [-0.4, -0.2) is 69.5 Å². The van der Waals surface area contributed by atoms with Gasteiger partial charge in [-0.2, -0.15) is 0 Å². The lowest BCUT2D eigenvalue weighted by molar-refractivity contribution is -0.123. The number of nitrogens with one attached hydrogen (secondary N) is 1. The van der Waals surface area contributed by atoms with Gasteiger partial charge in [0.05, 0.1) is 23.2 Å². The van der Waals surface area contributed by atoms with Crippen molar-refractivity contribution >= 4 is 52.4 Å². The van der Waals surface area contributed by atoms with Gasteiger partial charge in [-0.15, -0.1) is 11.3 Å². The number of benzene rings is 2. The molecule has 3 aromatic rings. The number of aliphatic imine (C=N–C) groups is 1. The van der Waals surface area contributed by atoms with E-state index >= 15 is 0 Å². The average molecular weight is 623 g/mol. The fourth-order valence-electron chi connectivity index (χ4n) is 5.03. The number of primary amides is 1. The number of carbonyl (C=O) groups excluding carboxylic acids is 4. The van der Waals surface area contributed by atoms with Crippen LogP contribution < -0.4 is 15.8 Å². The number of piperazine rings is 1. The molecule has 0 saturated carbocycles. The molecule has 0 aliphatic carbocycles. The van der Waals surface area contributed by atoms with E-state index in [0.29, 0.717) is 41.0 Å². The molecule has 2 aromatic carbocycles. The van der Waals surface area contributed by atoms with Crippen molar-refractivity contribution in [3.63, 3.8) is 0 Å². The molecule has 11 nitrogen and oxygen atoms in total. The van der Waals surface area contributed by atoms with Gasteiger partial charge in [-0.05, 0) is 50.6 Å². The lowest BCUT2D eigenvalue weighted by atomic mass is 9.98. The molecule has 3 N–H and O–H groups in total. The van der Waals surface area contributed by atoms with Gasteiger partial charge in [-0.3, -0.25) is 24.3 Å². The van der Waals surface area contributed by atoms with E-state index in [9.17, 15) is 19.2 Å². The van der Waals surface area contributed by atoms with Crippen LogP contribution in [0.4, 0.5) is 4.79 Å². The number of rotatable bonds is 7. The lowest BCUT2D eigenvalue weighted by Crippen LogP contribution is -2.55. The second kappa shape index (κ2) is 12.1. The summed E-state index contributed by atoms with van der Waals surface area (Å²) in [5.41, 5.74) is 8.39. The maximum atomic E-state index is 14.4. The molecule has 1 fully saturated rings. The molecule has 4 amide bonds. The summed E-state index contributed by atoms with van der Waals surface area (Å²) in [5, 5.41) is 5.18. The Hall–Kier alpha value is -4.29. The van der Waals surface area contributed by atoms with E-state index in [-0.39, 0.29) is 18.0 Å². The van der Waals surface area contributed by atoms with Crippen LogP contribution >= 0.6 is 22.9 Å². The van der Waals surface area contributed by atoms with Crippen LogP contribution in [0, 0.1) is 0 Å². The molecule has 0 spiro atoms. The largest absolute Gasteiger partial charge is 0.487 e. The zero-order valence-electron chi connectivity index (χ0n) is 23.9. The third-order valence-corrected chi connectivity index (χ3v) is 7.70. The standard InChI is InChI=1S/C30H31ClN6O5S/c1-30(2,3)42-23-12-18(22(38)13-24(32)39)6-9-20(23)28-35-26(17-4-7-19(31)8-5-17)27(21-15-43-16-34-21)37(28)29(41)36-11-10-33-25(40)14-36/h4-9,12,15-16,26-27H,10-11,13-14H2,1-3H3,(H2,32,39)(H,33,40)/t26-,27+/m0/s1. The van der Waals surface area contributed by atoms with Crippen molar-refractivity contribution in [2.45, 2.75) is 44.9 Å². The number of ether oxygens (including phenoxy) is 1. The predicted molar refractivity (Wildman–Crippen MR) is 162 cm³/mol. The summed E-state index contributed by atoms with van der Waals surface area (Å²) in [6.45, 7) is 6.10. The second-order valence-electron chi connectivity index (χ2n) is 11.2. The number of nitrogens with zero attached hydrogens (tertiary/aromatic N) is 4. The third-order valence-electron chi connectivity index (χ3n) is 6.84. The first kappa shape index (κ1) is 30.2. The number of thiazole rings is 1. The SMILES string of the molecule is CC(C)(C)Oc1cc(C(=O)CC(N)=O)ccc1C1=N[C@@H](c2ccc(Cl)cc2)[C@@H](c2cscn2)N1C(=O)N1CCNC(=O)C1. The number of hydrogen-bond donors (Lipinski definition) is 2. The highest BCUT2D eigenvalue weighted by molar-refractivity contribution is 7.07. The van der Waals surface area contributed by atoms with Crippen LogP contribution in [0.25, 0.3) is 0 Å². The average Bonchev–Trinajstić information content (AvgIpc) is 3.60. The molecular formula is C30H31ClN6O5S. The molecule has 2 atom stereocenters. The van der Waals surface area contributed by atoms with Gasteiger partial charge >= 0.3 is 6.03 Å².